The van der Waals surface area contributed by atoms with Gasteiger partial charge in [-0.3, -0.25) is 9.78 Å². The number of rotatable bonds is 12. The smallest absolute Gasteiger partial charge is 0.303 e. The number of hydrogen-bond donors (Lipinski definition) is 2. The number of carboxylic acids is 1. The number of aliphatic hydroxyl groups excluding tert-OH is 1. The molecule has 1 fully saturated rings. The highest BCUT2D eigenvalue weighted by atomic mass is 32.1. The number of aryl methyl sites for hydroxylation is 1. The lowest BCUT2D eigenvalue weighted by Crippen LogP contribution is -2.41. The maximum atomic E-state index is 11.6. The minimum absolute atomic E-state index is 0.113. The van der Waals surface area contributed by atoms with Gasteiger partial charge in [0.25, 0.3) is 0 Å². The first-order chi connectivity index (χ1) is 17.0. The summed E-state index contributed by atoms with van der Waals surface area (Å²) >= 11 is 1.70. The number of methoxy groups -OCH3 is 1. The van der Waals surface area contributed by atoms with E-state index in [1.165, 1.54) is 5.01 Å². The number of benzene rings is 1. The molecule has 1 aliphatic heterocycles. The van der Waals surface area contributed by atoms with Gasteiger partial charge in [-0.2, -0.15) is 0 Å². The highest BCUT2D eigenvalue weighted by molar-refractivity contribution is 7.09. The third-order valence-corrected chi connectivity index (χ3v) is 8.00. The number of ether oxygens (including phenoxy) is 1. The first-order valence-electron chi connectivity index (χ1n) is 12.5. The van der Waals surface area contributed by atoms with Crippen molar-refractivity contribution in [3.63, 3.8) is 0 Å². The van der Waals surface area contributed by atoms with Gasteiger partial charge in [-0.15, -0.1) is 11.3 Å². The van der Waals surface area contributed by atoms with Gasteiger partial charge in [0.2, 0.25) is 0 Å². The number of hydrogen-bond acceptors (Lipinski definition) is 7. The Morgan fingerprint density at radius 3 is 2.89 bits per heavy atom. The average Bonchev–Trinajstić information content (AvgIpc) is 3.38. The van der Waals surface area contributed by atoms with Crippen LogP contribution in [0, 0.1) is 11.8 Å². The van der Waals surface area contributed by atoms with Crippen LogP contribution in [-0.4, -0.2) is 57.8 Å². The number of thiazole rings is 1. The lowest BCUT2D eigenvalue weighted by atomic mass is 9.79. The second kappa shape index (κ2) is 12.4. The highest BCUT2D eigenvalue weighted by Gasteiger charge is 2.31. The van der Waals surface area contributed by atoms with E-state index >= 15 is 0 Å². The number of pyridine rings is 1. The van der Waals surface area contributed by atoms with E-state index in [9.17, 15) is 15.0 Å². The van der Waals surface area contributed by atoms with Crippen LogP contribution in [-0.2, 0) is 11.2 Å². The number of carbonyl (C=O) groups is 1. The van der Waals surface area contributed by atoms with Crippen molar-refractivity contribution in [3.8, 4) is 5.75 Å². The average molecular weight is 498 g/mol. The summed E-state index contributed by atoms with van der Waals surface area (Å²) in [6, 6.07) is 7.56. The molecule has 1 aliphatic rings. The highest BCUT2D eigenvalue weighted by Crippen LogP contribution is 2.34. The molecule has 3 heterocycles. The zero-order valence-corrected chi connectivity index (χ0v) is 21.1. The molecule has 35 heavy (non-hydrogen) atoms. The van der Waals surface area contributed by atoms with Crippen molar-refractivity contribution in [3.05, 3.63) is 52.6 Å². The molecule has 0 unspecified atom stereocenters. The fourth-order valence-corrected chi connectivity index (χ4v) is 5.94. The Balaban J connectivity index is 1.32. The monoisotopic (exact) mass is 497 g/mol. The van der Waals surface area contributed by atoms with Crippen LogP contribution >= 0.6 is 11.3 Å². The molecule has 1 saturated heterocycles. The number of aliphatic carboxylic acids is 1. The standard InChI is InChI=1S/C27H35N3O4S/c1-34-21-6-7-24-23(17-21)22(9-11-28-24)25(31)8-5-19-10-14-30(18-20(19)16-27(32)33)13-3-2-4-26-29-12-15-35-26/h6-7,9,11-12,15,17,19-20,25,31H,2-5,8,10,13-14,16,18H2,1H3,(H,32,33)/t19-,20+,25-/m1/s1. The van der Waals surface area contributed by atoms with Crippen LogP contribution in [0.25, 0.3) is 10.9 Å². The summed E-state index contributed by atoms with van der Waals surface area (Å²) in [7, 11) is 1.63. The first kappa shape index (κ1) is 25.5. The van der Waals surface area contributed by atoms with E-state index < -0.39 is 12.1 Å². The van der Waals surface area contributed by atoms with Crippen LogP contribution in [0.5, 0.6) is 5.75 Å². The number of unbranched alkanes of at least 4 members (excludes halogenated alkanes) is 1. The maximum Gasteiger partial charge on any atom is 0.303 e. The van der Waals surface area contributed by atoms with Gasteiger partial charge in [0.1, 0.15) is 5.75 Å². The van der Waals surface area contributed by atoms with Crippen molar-refractivity contribution < 1.29 is 19.7 Å². The van der Waals surface area contributed by atoms with E-state index in [0.717, 1.165) is 74.0 Å². The Morgan fingerprint density at radius 2 is 2.11 bits per heavy atom. The number of fused-ring (bicyclic) bond motifs is 1. The first-order valence-corrected chi connectivity index (χ1v) is 13.3. The minimum Gasteiger partial charge on any atom is -0.497 e. The summed E-state index contributed by atoms with van der Waals surface area (Å²) < 4.78 is 5.35. The molecule has 4 rings (SSSR count). The molecule has 0 amide bonds. The fourth-order valence-electron chi connectivity index (χ4n) is 5.27. The molecule has 0 aliphatic carbocycles. The number of likely N-dealkylation sites (tertiary alicyclic amines) is 1. The van der Waals surface area contributed by atoms with Crippen LogP contribution in [0.4, 0.5) is 0 Å². The van der Waals surface area contributed by atoms with Crippen LogP contribution in [0.1, 0.15) is 55.2 Å². The second-order valence-electron chi connectivity index (χ2n) is 9.47. The summed E-state index contributed by atoms with van der Waals surface area (Å²) in [4.78, 5) is 22.8. The molecule has 0 radical (unpaired) electrons. The van der Waals surface area contributed by atoms with Crippen molar-refractivity contribution in [1.82, 2.24) is 14.9 Å². The molecule has 8 heteroatoms. The predicted molar refractivity (Wildman–Crippen MR) is 138 cm³/mol. The van der Waals surface area contributed by atoms with E-state index in [-0.39, 0.29) is 12.3 Å². The minimum atomic E-state index is -0.738. The molecule has 2 aromatic heterocycles. The maximum absolute atomic E-state index is 11.6. The molecular weight excluding hydrogens is 462 g/mol. The molecule has 0 spiro atoms. The van der Waals surface area contributed by atoms with E-state index in [4.69, 9.17) is 4.74 Å². The predicted octanol–water partition coefficient (Wildman–Crippen LogP) is 4.95. The Labute approximate surface area is 210 Å². The van der Waals surface area contributed by atoms with Crippen LogP contribution < -0.4 is 4.74 Å². The van der Waals surface area contributed by atoms with Gasteiger partial charge < -0.3 is 19.8 Å². The largest absolute Gasteiger partial charge is 0.497 e. The van der Waals surface area contributed by atoms with Gasteiger partial charge in [0.05, 0.1) is 23.7 Å². The molecule has 7 nitrogen and oxygen atoms in total. The number of aromatic nitrogens is 2. The summed E-state index contributed by atoms with van der Waals surface area (Å²) in [5.41, 5.74) is 1.68. The van der Waals surface area contributed by atoms with Gasteiger partial charge in [-0.25, -0.2) is 4.98 Å². The fraction of sp³-hybridized carbons (Fsp3) is 0.519. The second-order valence-corrected chi connectivity index (χ2v) is 10.4. The van der Waals surface area contributed by atoms with E-state index in [1.807, 2.05) is 35.8 Å². The molecule has 0 saturated carbocycles. The van der Waals surface area contributed by atoms with Gasteiger partial charge >= 0.3 is 5.97 Å². The molecule has 0 bridgehead atoms. The summed E-state index contributed by atoms with van der Waals surface area (Å²) in [5.74, 6) is 0.412. The normalized spacial score (nSPS) is 19.6. The molecule has 188 valence electrons. The molecule has 1 aromatic carbocycles. The summed E-state index contributed by atoms with van der Waals surface area (Å²) in [6.07, 6.45) is 8.75. The van der Waals surface area contributed by atoms with Gasteiger partial charge in [0.15, 0.2) is 0 Å². The topological polar surface area (TPSA) is 95.8 Å². The Bertz CT molecular complexity index is 1090. The number of nitrogens with zero attached hydrogens (tertiary/aromatic N) is 3. The quantitative estimate of drug-likeness (QED) is 0.342. The lowest BCUT2D eigenvalue weighted by Gasteiger charge is -2.38. The van der Waals surface area contributed by atoms with Crippen LogP contribution in [0.2, 0.25) is 0 Å². The number of carboxylic acid groups (broad SMARTS) is 1. The SMILES string of the molecule is COc1ccc2nccc([C@H](O)CC[C@@H]3CCN(CCCCc4nccs4)C[C@@H]3CC(=O)O)c2c1. The van der Waals surface area contributed by atoms with Crippen molar-refractivity contribution >= 4 is 28.2 Å². The van der Waals surface area contributed by atoms with Crippen molar-refractivity contribution in [1.29, 1.82) is 0 Å². The van der Waals surface area contributed by atoms with Crippen LogP contribution in [0.3, 0.4) is 0 Å². The van der Waals surface area contributed by atoms with Crippen molar-refractivity contribution in [2.24, 2.45) is 11.8 Å². The molecule has 3 aromatic rings. The zero-order valence-electron chi connectivity index (χ0n) is 20.3. The van der Waals surface area contributed by atoms with Crippen molar-refractivity contribution in [2.45, 2.75) is 51.0 Å². The van der Waals surface area contributed by atoms with E-state index in [0.29, 0.717) is 12.3 Å². The summed E-state index contributed by atoms with van der Waals surface area (Å²) in [5, 5.41) is 24.7. The Hall–Kier alpha value is -2.55. The molecular formula is C27H35N3O4S. The van der Waals surface area contributed by atoms with Gasteiger partial charge in [0, 0.05) is 36.1 Å². The third kappa shape index (κ3) is 6.99. The Kier molecular flexibility index (Phi) is 9.06. The van der Waals surface area contributed by atoms with E-state index in [2.05, 4.69) is 14.9 Å². The lowest BCUT2D eigenvalue weighted by molar-refractivity contribution is -0.139. The third-order valence-electron chi connectivity index (χ3n) is 7.16. The Morgan fingerprint density at radius 1 is 1.23 bits per heavy atom. The number of aliphatic hydroxyl groups is 1. The molecule has 3 atom stereocenters. The van der Waals surface area contributed by atoms with Gasteiger partial charge in [-0.1, -0.05) is 0 Å². The number of piperidine rings is 1. The zero-order chi connectivity index (χ0) is 24.6. The molecule has 2 N–H and O–H groups in total. The van der Waals surface area contributed by atoms with Gasteiger partial charge in [-0.05, 0) is 93.3 Å². The van der Waals surface area contributed by atoms with Crippen molar-refractivity contribution in [2.75, 3.05) is 26.7 Å². The summed E-state index contributed by atoms with van der Waals surface area (Å²) in [6.45, 7) is 2.81. The van der Waals surface area contributed by atoms with E-state index in [1.54, 1.807) is 24.6 Å². The van der Waals surface area contributed by atoms with Crippen LogP contribution in [0.15, 0.2) is 42.0 Å².